The quantitative estimate of drug-likeness (QED) is 0.827. The third-order valence-electron chi connectivity index (χ3n) is 3.91. The second kappa shape index (κ2) is 7.82. The van der Waals surface area contributed by atoms with Gasteiger partial charge >= 0.3 is 5.97 Å². The number of anilines is 1. The average molecular weight is 322 g/mol. The molecule has 1 heterocycles. The Hall–Kier alpha value is -2.28. The second-order valence-corrected chi connectivity index (χ2v) is 5.43. The molecule has 0 saturated carbocycles. The Balaban J connectivity index is 2.09. The van der Waals surface area contributed by atoms with Crippen LogP contribution in [0.2, 0.25) is 0 Å². The highest BCUT2D eigenvalue weighted by molar-refractivity contribution is 5.95. The Morgan fingerprint density at radius 1 is 1.26 bits per heavy atom. The lowest BCUT2D eigenvalue weighted by Gasteiger charge is -2.33. The number of benzene rings is 1. The summed E-state index contributed by atoms with van der Waals surface area (Å²) in [6.07, 6.45) is 2.49. The van der Waals surface area contributed by atoms with Crippen LogP contribution in [0.1, 0.15) is 19.3 Å². The van der Waals surface area contributed by atoms with E-state index in [1.54, 1.807) is 30.2 Å². The van der Waals surface area contributed by atoms with E-state index >= 15 is 0 Å². The standard InChI is InChI=1S/C16H22N2O5/c1-22-13-7-6-11(9-14(13)23-2)17-16(21)12-5-3-4-8-18(12)10-15(19)20/h6-7,9,12H,3-5,8,10H2,1-2H3,(H,17,21)(H,19,20)/t12-/m0/s1. The van der Waals surface area contributed by atoms with Gasteiger partial charge in [-0.1, -0.05) is 6.42 Å². The molecule has 0 radical (unpaired) electrons. The Kier molecular flexibility index (Phi) is 5.81. The van der Waals surface area contributed by atoms with E-state index in [1.165, 1.54) is 7.11 Å². The highest BCUT2D eigenvalue weighted by atomic mass is 16.5. The van der Waals surface area contributed by atoms with Crippen molar-refractivity contribution in [2.75, 3.05) is 32.6 Å². The molecule has 1 aromatic carbocycles. The number of carboxylic acids is 1. The summed E-state index contributed by atoms with van der Waals surface area (Å²) in [6, 6.07) is 4.70. The molecule has 126 valence electrons. The first-order valence-electron chi connectivity index (χ1n) is 7.54. The Morgan fingerprint density at radius 3 is 2.65 bits per heavy atom. The fourth-order valence-electron chi connectivity index (χ4n) is 2.79. The number of piperidine rings is 1. The number of ether oxygens (including phenoxy) is 2. The van der Waals surface area contributed by atoms with Gasteiger partial charge in [0.05, 0.1) is 26.8 Å². The maximum absolute atomic E-state index is 12.5. The Labute approximate surface area is 135 Å². The predicted octanol–water partition coefficient (Wildman–Crippen LogP) is 1.58. The molecule has 1 aliphatic heterocycles. The molecule has 7 heteroatoms. The van der Waals surface area contributed by atoms with Crippen molar-refractivity contribution < 1.29 is 24.2 Å². The summed E-state index contributed by atoms with van der Waals surface area (Å²) < 4.78 is 10.4. The van der Waals surface area contributed by atoms with Gasteiger partial charge in [-0.05, 0) is 31.5 Å². The number of aliphatic carboxylic acids is 1. The molecule has 0 aliphatic carbocycles. The second-order valence-electron chi connectivity index (χ2n) is 5.43. The SMILES string of the molecule is COc1ccc(NC(=O)[C@@H]2CCCCN2CC(=O)O)cc1OC. The number of carboxylic acid groups (broad SMARTS) is 1. The van der Waals surface area contributed by atoms with Crippen LogP contribution < -0.4 is 14.8 Å². The van der Waals surface area contributed by atoms with E-state index in [0.717, 1.165) is 12.8 Å². The maximum Gasteiger partial charge on any atom is 0.317 e. The van der Waals surface area contributed by atoms with Gasteiger partial charge in [0.15, 0.2) is 11.5 Å². The van der Waals surface area contributed by atoms with Gasteiger partial charge in [-0.2, -0.15) is 0 Å². The van der Waals surface area contributed by atoms with E-state index in [2.05, 4.69) is 5.32 Å². The fraction of sp³-hybridized carbons (Fsp3) is 0.500. The molecule has 23 heavy (non-hydrogen) atoms. The Morgan fingerprint density at radius 2 is 2.00 bits per heavy atom. The summed E-state index contributed by atoms with van der Waals surface area (Å²) in [5.74, 6) is -0.0130. The van der Waals surface area contributed by atoms with Crippen LogP contribution in [0.4, 0.5) is 5.69 Å². The number of rotatable bonds is 6. The van der Waals surface area contributed by atoms with Crippen LogP contribution in [0.3, 0.4) is 0 Å². The first-order chi connectivity index (χ1) is 11.0. The molecule has 1 aromatic rings. The van der Waals surface area contributed by atoms with Crippen LogP contribution in [-0.4, -0.2) is 55.2 Å². The molecule has 2 rings (SSSR count). The minimum atomic E-state index is -0.921. The molecule has 0 spiro atoms. The van der Waals surface area contributed by atoms with Crippen molar-refractivity contribution in [3.05, 3.63) is 18.2 Å². The molecule has 1 amide bonds. The van der Waals surface area contributed by atoms with Gasteiger partial charge in [0, 0.05) is 11.8 Å². The Bertz CT molecular complexity index is 576. The first-order valence-corrected chi connectivity index (χ1v) is 7.54. The van der Waals surface area contributed by atoms with Crippen LogP contribution in [-0.2, 0) is 9.59 Å². The summed E-state index contributed by atoms with van der Waals surface area (Å²) in [7, 11) is 3.07. The zero-order valence-corrected chi connectivity index (χ0v) is 13.4. The van der Waals surface area contributed by atoms with Crippen molar-refractivity contribution in [3.63, 3.8) is 0 Å². The molecular formula is C16H22N2O5. The van der Waals surface area contributed by atoms with Gasteiger partial charge in [-0.25, -0.2) is 0 Å². The molecule has 1 fully saturated rings. The van der Waals surface area contributed by atoms with E-state index in [9.17, 15) is 9.59 Å². The van der Waals surface area contributed by atoms with Crippen molar-refractivity contribution in [3.8, 4) is 11.5 Å². The van der Waals surface area contributed by atoms with Gasteiger partial charge in [-0.15, -0.1) is 0 Å². The van der Waals surface area contributed by atoms with E-state index in [0.29, 0.717) is 30.2 Å². The molecule has 7 nitrogen and oxygen atoms in total. The summed E-state index contributed by atoms with van der Waals surface area (Å²) in [5, 5.41) is 11.8. The minimum absolute atomic E-state index is 0.121. The van der Waals surface area contributed by atoms with Crippen LogP contribution in [0, 0.1) is 0 Å². The number of carbonyl (C=O) groups excluding carboxylic acids is 1. The lowest BCUT2D eigenvalue weighted by molar-refractivity contribution is -0.140. The highest BCUT2D eigenvalue weighted by Gasteiger charge is 2.30. The smallest absolute Gasteiger partial charge is 0.317 e. The van der Waals surface area contributed by atoms with Crippen LogP contribution in [0.15, 0.2) is 18.2 Å². The lowest BCUT2D eigenvalue weighted by atomic mass is 10.0. The zero-order chi connectivity index (χ0) is 16.8. The third-order valence-corrected chi connectivity index (χ3v) is 3.91. The van der Waals surface area contributed by atoms with E-state index in [4.69, 9.17) is 14.6 Å². The largest absolute Gasteiger partial charge is 0.493 e. The number of nitrogens with zero attached hydrogens (tertiary/aromatic N) is 1. The number of likely N-dealkylation sites (tertiary alicyclic amines) is 1. The van der Waals surface area contributed by atoms with Gasteiger partial charge in [0.1, 0.15) is 0 Å². The van der Waals surface area contributed by atoms with Gasteiger partial charge in [0.2, 0.25) is 5.91 Å². The minimum Gasteiger partial charge on any atom is -0.493 e. The van der Waals surface area contributed by atoms with E-state index < -0.39 is 12.0 Å². The zero-order valence-electron chi connectivity index (χ0n) is 13.4. The fourth-order valence-corrected chi connectivity index (χ4v) is 2.79. The average Bonchev–Trinajstić information content (AvgIpc) is 2.54. The predicted molar refractivity (Wildman–Crippen MR) is 85.0 cm³/mol. The number of hydrogen-bond donors (Lipinski definition) is 2. The molecule has 1 saturated heterocycles. The van der Waals surface area contributed by atoms with E-state index in [1.807, 2.05) is 0 Å². The summed E-state index contributed by atoms with van der Waals surface area (Å²) in [4.78, 5) is 25.2. The molecular weight excluding hydrogens is 300 g/mol. The summed E-state index contributed by atoms with van der Waals surface area (Å²) in [5.41, 5.74) is 0.591. The summed E-state index contributed by atoms with van der Waals surface area (Å²) >= 11 is 0. The van der Waals surface area contributed by atoms with Crippen molar-refractivity contribution in [1.29, 1.82) is 0 Å². The number of methoxy groups -OCH3 is 2. The molecule has 2 N–H and O–H groups in total. The molecule has 0 aromatic heterocycles. The lowest BCUT2D eigenvalue weighted by Crippen LogP contribution is -2.49. The van der Waals surface area contributed by atoms with Gasteiger partial charge in [-0.3, -0.25) is 14.5 Å². The van der Waals surface area contributed by atoms with Crippen LogP contribution in [0.25, 0.3) is 0 Å². The van der Waals surface area contributed by atoms with Crippen molar-refractivity contribution in [2.45, 2.75) is 25.3 Å². The van der Waals surface area contributed by atoms with Gasteiger partial charge < -0.3 is 19.9 Å². The monoisotopic (exact) mass is 322 g/mol. The number of carbonyl (C=O) groups is 2. The number of nitrogens with one attached hydrogen (secondary N) is 1. The summed E-state index contributed by atoms with van der Waals surface area (Å²) in [6.45, 7) is 0.500. The molecule has 1 atom stereocenters. The molecule has 0 bridgehead atoms. The topological polar surface area (TPSA) is 88.1 Å². The third kappa shape index (κ3) is 4.35. The molecule has 1 aliphatic rings. The first kappa shape index (κ1) is 17.1. The van der Waals surface area contributed by atoms with Crippen molar-refractivity contribution in [1.82, 2.24) is 4.90 Å². The van der Waals surface area contributed by atoms with Gasteiger partial charge in [0.25, 0.3) is 0 Å². The molecule has 0 unspecified atom stereocenters. The normalized spacial score (nSPS) is 18.3. The van der Waals surface area contributed by atoms with Crippen LogP contribution >= 0.6 is 0 Å². The van der Waals surface area contributed by atoms with Crippen molar-refractivity contribution in [2.24, 2.45) is 0 Å². The highest BCUT2D eigenvalue weighted by Crippen LogP contribution is 2.30. The van der Waals surface area contributed by atoms with E-state index in [-0.39, 0.29) is 12.5 Å². The number of hydrogen-bond acceptors (Lipinski definition) is 5. The van der Waals surface area contributed by atoms with Crippen LogP contribution in [0.5, 0.6) is 11.5 Å². The maximum atomic E-state index is 12.5. The van der Waals surface area contributed by atoms with Crippen molar-refractivity contribution >= 4 is 17.6 Å². The number of amides is 1.